The minimum atomic E-state index is -3.55. The van der Waals surface area contributed by atoms with E-state index in [2.05, 4.69) is 5.92 Å². The Balaban J connectivity index is 5.02. The van der Waals surface area contributed by atoms with Gasteiger partial charge in [0, 0.05) is 6.42 Å². The first-order valence-electron chi connectivity index (χ1n) is 5.54. The Bertz CT molecular complexity index is 310. The predicted octanol–water partition coefficient (Wildman–Crippen LogP) is 2.21. The van der Waals surface area contributed by atoms with Crippen LogP contribution in [-0.2, 0) is 23.1 Å². The molecular weight excluding hydrogens is 243 g/mol. The quantitative estimate of drug-likeness (QED) is 0.381. The molecule has 0 spiro atoms. The lowest BCUT2D eigenvalue weighted by molar-refractivity contribution is -0.143. The topological polar surface area (TPSA) is 61.8 Å². The maximum Gasteiger partial charge on any atom is 0.345 e. The van der Waals surface area contributed by atoms with Crippen molar-refractivity contribution in [3.05, 3.63) is 0 Å². The SMILES string of the molecule is C#CC[C@@H](C(=O)OCC)P(=O)(OCC)OCC. The lowest BCUT2D eigenvalue weighted by atomic mass is 10.3. The summed E-state index contributed by atoms with van der Waals surface area (Å²) in [6.07, 6.45) is 5.13. The van der Waals surface area contributed by atoms with Crippen molar-refractivity contribution in [1.29, 1.82) is 0 Å². The van der Waals surface area contributed by atoms with Gasteiger partial charge in [-0.1, -0.05) is 0 Å². The highest BCUT2D eigenvalue weighted by atomic mass is 31.2. The van der Waals surface area contributed by atoms with E-state index in [0.29, 0.717) is 0 Å². The lowest BCUT2D eigenvalue weighted by Crippen LogP contribution is -2.25. The Hall–Kier alpha value is -0.820. The van der Waals surface area contributed by atoms with Crippen molar-refractivity contribution >= 4 is 13.6 Å². The largest absolute Gasteiger partial charge is 0.465 e. The molecule has 6 heteroatoms. The van der Waals surface area contributed by atoms with Crippen molar-refractivity contribution < 1.29 is 23.1 Å². The first kappa shape index (κ1) is 16.2. The molecule has 0 amide bonds. The monoisotopic (exact) mass is 262 g/mol. The molecule has 0 fully saturated rings. The third kappa shape index (κ3) is 4.91. The van der Waals surface area contributed by atoms with E-state index in [1.165, 1.54) is 0 Å². The minimum absolute atomic E-state index is 0.0316. The zero-order chi connectivity index (χ0) is 13.3. The smallest absolute Gasteiger partial charge is 0.345 e. The second kappa shape index (κ2) is 8.30. The number of ether oxygens (including phenoxy) is 1. The average molecular weight is 262 g/mol. The van der Waals surface area contributed by atoms with Gasteiger partial charge in [-0.3, -0.25) is 9.36 Å². The molecule has 0 aliphatic heterocycles. The molecule has 0 saturated heterocycles. The molecule has 0 saturated carbocycles. The second-order valence-corrected chi connectivity index (χ2v) is 5.27. The van der Waals surface area contributed by atoms with Crippen LogP contribution in [0, 0.1) is 12.3 Å². The van der Waals surface area contributed by atoms with Crippen LogP contribution < -0.4 is 0 Å². The number of hydrogen-bond acceptors (Lipinski definition) is 5. The van der Waals surface area contributed by atoms with Gasteiger partial charge in [-0.2, -0.15) is 0 Å². The number of carbonyl (C=O) groups excluding carboxylic acids is 1. The van der Waals surface area contributed by atoms with Crippen LogP contribution in [0.15, 0.2) is 0 Å². The highest BCUT2D eigenvalue weighted by Gasteiger charge is 2.41. The molecule has 1 atom stereocenters. The fourth-order valence-electron chi connectivity index (χ4n) is 1.25. The van der Waals surface area contributed by atoms with Crippen molar-refractivity contribution in [3.8, 4) is 12.3 Å². The molecule has 0 radical (unpaired) electrons. The fraction of sp³-hybridized carbons (Fsp3) is 0.727. The maximum atomic E-state index is 12.4. The number of carbonyl (C=O) groups is 1. The average Bonchev–Trinajstić information content (AvgIpc) is 2.26. The molecule has 0 N–H and O–H groups in total. The van der Waals surface area contributed by atoms with Crippen LogP contribution in [0.25, 0.3) is 0 Å². The van der Waals surface area contributed by atoms with Gasteiger partial charge in [0.25, 0.3) is 0 Å². The number of hydrogen-bond donors (Lipinski definition) is 0. The van der Waals surface area contributed by atoms with Crippen molar-refractivity contribution in [2.24, 2.45) is 0 Å². The molecule has 5 nitrogen and oxygen atoms in total. The van der Waals surface area contributed by atoms with Gasteiger partial charge in [-0.05, 0) is 20.8 Å². The minimum Gasteiger partial charge on any atom is -0.465 e. The van der Waals surface area contributed by atoms with E-state index in [1.54, 1.807) is 20.8 Å². The predicted molar refractivity (Wildman–Crippen MR) is 64.7 cm³/mol. The Labute approximate surface area is 102 Å². The lowest BCUT2D eigenvalue weighted by Gasteiger charge is -2.23. The fourth-order valence-corrected chi connectivity index (χ4v) is 3.07. The summed E-state index contributed by atoms with van der Waals surface area (Å²) < 4.78 is 27.4. The van der Waals surface area contributed by atoms with E-state index in [0.717, 1.165) is 0 Å². The van der Waals surface area contributed by atoms with Crippen molar-refractivity contribution in [2.75, 3.05) is 19.8 Å². The summed E-state index contributed by atoms with van der Waals surface area (Å²) in [5.41, 5.74) is -1.05. The van der Waals surface area contributed by atoms with Crippen LogP contribution in [0.3, 0.4) is 0 Å². The van der Waals surface area contributed by atoms with Crippen molar-refractivity contribution in [1.82, 2.24) is 0 Å². The Morgan fingerprint density at radius 2 is 1.76 bits per heavy atom. The highest BCUT2D eigenvalue weighted by molar-refractivity contribution is 7.55. The van der Waals surface area contributed by atoms with E-state index in [1.807, 2.05) is 0 Å². The zero-order valence-corrected chi connectivity index (χ0v) is 11.4. The summed E-state index contributed by atoms with van der Waals surface area (Å²) >= 11 is 0. The summed E-state index contributed by atoms with van der Waals surface area (Å²) in [5.74, 6) is 1.65. The summed E-state index contributed by atoms with van der Waals surface area (Å²) in [6.45, 7) is 5.55. The third-order valence-corrected chi connectivity index (χ3v) is 4.26. The first-order chi connectivity index (χ1) is 8.05. The molecule has 0 aromatic carbocycles. The van der Waals surface area contributed by atoms with Gasteiger partial charge in [0.2, 0.25) is 0 Å². The highest BCUT2D eigenvalue weighted by Crippen LogP contribution is 2.54. The summed E-state index contributed by atoms with van der Waals surface area (Å²) in [6, 6.07) is 0. The second-order valence-electron chi connectivity index (χ2n) is 3.05. The number of esters is 1. The van der Waals surface area contributed by atoms with E-state index in [4.69, 9.17) is 20.2 Å². The van der Waals surface area contributed by atoms with Crippen LogP contribution in [0.1, 0.15) is 27.2 Å². The zero-order valence-electron chi connectivity index (χ0n) is 10.5. The van der Waals surface area contributed by atoms with E-state index >= 15 is 0 Å². The molecule has 0 aromatic heterocycles. The number of terminal acetylenes is 1. The van der Waals surface area contributed by atoms with Crippen molar-refractivity contribution in [3.63, 3.8) is 0 Å². The van der Waals surface area contributed by atoms with Crippen LogP contribution in [-0.4, -0.2) is 31.4 Å². The van der Waals surface area contributed by atoms with Crippen LogP contribution >= 0.6 is 7.60 Å². The summed E-state index contributed by atoms with van der Waals surface area (Å²) in [4.78, 5) is 11.7. The molecule has 0 aliphatic carbocycles. The van der Waals surface area contributed by atoms with Gasteiger partial charge in [0.05, 0.1) is 19.8 Å². The molecule has 0 heterocycles. The first-order valence-corrected chi connectivity index (χ1v) is 7.15. The third-order valence-electron chi connectivity index (χ3n) is 1.87. The Kier molecular flexibility index (Phi) is 7.90. The summed E-state index contributed by atoms with van der Waals surface area (Å²) in [7, 11) is -3.55. The maximum absolute atomic E-state index is 12.4. The number of rotatable bonds is 8. The van der Waals surface area contributed by atoms with Gasteiger partial charge >= 0.3 is 13.6 Å². The molecule has 0 unspecified atom stereocenters. The molecule has 17 heavy (non-hydrogen) atoms. The van der Waals surface area contributed by atoms with Gasteiger partial charge in [0.15, 0.2) is 5.66 Å². The standard InChI is InChI=1S/C11H19O5P/c1-5-9-10(11(12)14-6-2)17(13,15-7-3)16-8-4/h1,10H,6-9H2,2-4H3/t10-/m0/s1. The summed E-state index contributed by atoms with van der Waals surface area (Å²) in [5, 5.41) is 0. The van der Waals surface area contributed by atoms with Gasteiger partial charge in [0.1, 0.15) is 0 Å². The van der Waals surface area contributed by atoms with Crippen molar-refractivity contribution in [2.45, 2.75) is 32.9 Å². The normalized spacial score (nSPS) is 12.8. The van der Waals surface area contributed by atoms with E-state index < -0.39 is 19.2 Å². The van der Waals surface area contributed by atoms with E-state index in [9.17, 15) is 9.36 Å². The van der Waals surface area contributed by atoms with Crippen LogP contribution in [0.2, 0.25) is 0 Å². The van der Waals surface area contributed by atoms with Gasteiger partial charge in [-0.15, -0.1) is 12.3 Å². The Morgan fingerprint density at radius 3 is 2.12 bits per heavy atom. The molecule has 0 aliphatic rings. The molecular formula is C11H19O5P. The van der Waals surface area contributed by atoms with Crippen LogP contribution in [0.4, 0.5) is 0 Å². The van der Waals surface area contributed by atoms with Crippen LogP contribution in [0.5, 0.6) is 0 Å². The van der Waals surface area contributed by atoms with Gasteiger partial charge in [-0.25, -0.2) is 0 Å². The molecule has 0 aromatic rings. The Morgan fingerprint density at radius 1 is 1.24 bits per heavy atom. The molecule has 0 rings (SSSR count). The molecule has 0 bridgehead atoms. The van der Waals surface area contributed by atoms with Gasteiger partial charge < -0.3 is 13.8 Å². The molecule has 98 valence electrons. The van der Waals surface area contributed by atoms with E-state index in [-0.39, 0.29) is 26.2 Å².